The molecule has 0 fully saturated rings. The summed E-state index contributed by atoms with van der Waals surface area (Å²) in [6.45, 7) is 3.79. The van der Waals surface area contributed by atoms with Gasteiger partial charge in [-0.3, -0.25) is 9.69 Å². The Bertz CT molecular complexity index is 1540. The van der Waals surface area contributed by atoms with Crippen LogP contribution in [-0.4, -0.2) is 76.7 Å². The number of carboxylic acid groups (broad SMARTS) is 1. The molecule has 3 heterocycles. The Hall–Kier alpha value is -4.85. The summed E-state index contributed by atoms with van der Waals surface area (Å²) in [4.78, 5) is 40.2. The molecule has 0 saturated carbocycles. The van der Waals surface area contributed by atoms with Crippen molar-refractivity contribution < 1.29 is 19.4 Å². The number of carbonyl (C=O) groups excluding carboxylic acids is 1. The number of amides is 2. The average molecular weight is 556 g/mol. The zero-order valence-electron chi connectivity index (χ0n) is 23.4. The zero-order valence-corrected chi connectivity index (χ0v) is 23.4. The molecule has 0 aliphatic carbocycles. The number of aromatic nitrogens is 2. The smallest absolute Gasteiger partial charge is 0.411 e. The fourth-order valence-corrected chi connectivity index (χ4v) is 5.41. The van der Waals surface area contributed by atoms with Gasteiger partial charge in [0.1, 0.15) is 12.4 Å². The van der Waals surface area contributed by atoms with E-state index in [1.807, 2.05) is 4.90 Å². The highest BCUT2D eigenvalue weighted by atomic mass is 16.5. The molecule has 1 unspecified atom stereocenters. The molecule has 2 aromatic carbocycles. The quantitative estimate of drug-likeness (QED) is 0.462. The first-order chi connectivity index (χ1) is 19.8. The number of ether oxygens (including phenoxy) is 1. The Labute approximate surface area is 238 Å². The number of hydrogen-bond donors (Lipinski definition) is 1. The van der Waals surface area contributed by atoms with Gasteiger partial charge in [-0.15, -0.1) is 0 Å². The normalized spacial score (nSPS) is 16.3. The van der Waals surface area contributed by atoms with Crippen LogP contribution in [0.4, 0.5) is 16.3 Å². The van der Waals surface area contributed by atoms with E-state index in [0.29, 0.717) is 18.8 Å². The van der Waals surface area contributed by atoms with Gasteiger partial charge >= 0.3 is 12.1 Å². The van der Waals surface area contributed by atoms with Gasteiger partial charge < -0.3 is 24.5 Å². The molecule has 5 rings (SSSR count). The lowest BCUT2D eigenvalue weighted by molar-refractivity contribution is -0.129. The number of anilines is 2. The van der Waals surface area contributed by atoms with Gasteiger partial charge in [-0.25, -0.2) is 4.79 Å². The van der Waals surface area contributed by atoms with Crippen molar-refractivity contribution in [2.75, 3.05) is 43.6 Å². The molecule has 212 valence electrons. The Morgan fingerprint density at radius 2 is 1.95 bits per heavy atom. The molecule has 11 heteroatoms. The number of benzene rings is 2. The van der Waals surface area contributed by atoms with Crippen molar-refractivity contribution in [3.63, 3.8) is 0 Å². The lowest BCUT2D eigenvalue weighted by atomic mass is 9.99. The number of nitriles is 1. The molecule has 41 heavy (non-hydrogen) atoms. The average Bonchev–Trinajstić information content (AvgIpc) is 2.96. The molecule has 0 radical (unpaired) electrons. The van der Waals surface area contributed by atoms with Crippen LogP contribution in [0.2, 0.25) is 0 Å². The highest BCUT2D eigenvalue weighted by Gasteiger charge is 2.31. The van der Waals surface area contributed by atoms with Gasteiger partial charge in [0.15, 0.2) is 0 Å². The van der Waals surface area contributed by atoms with Crippen molar-refractivity contribution in [2.45, 2.75) is 38.8 Å². The third kappa shape index (κ3) is 5.72. The van der Waals surface area contributed by atoms with Crippen molar-refractivity contribution in [2.24, 2.45) is 0 Å². The Kier molecular flexibility index (Phi) is 7.92. The van der Waals surface area contributed by atoms with E-state index in [9.17, 15) is 20.0 Å². The first kappa shape index (κ1) is 27.7. The first-order valence-corrected chi connectivity index (χ1v) is 13.6. The summed E-state index contributed by atoms with van der Waals surface area (Å²) >= 11 is 0. The molecule has 3 aromatic rings. The summed E-state index contributed by atoms with van der Waals surface area (Å²) in [5.41, 5.74) is 4.10. The first-order valence-electron chi connectivity index (χ1n) is 13.6. The van der Waals surface area contributed by atoms with Gasteiger partial charge in [0.2, 0.25) is 5.91 Å². The molecule has 1 N–H and O–H groups in total. The second kappa shape index (κ2) is 11.7. The van der Waals surface area contributed by atoms with Crippen LogP contribution in [0, 0.1) is 18.3 Å². The number of rotatable bonds is 7. The van der Waals surface area contributed by atoms with Gasteiger partial charge in [0, 0.05) is 56.2 Å². The van der Waals surface area contributed by atoms with Crippen LogP contribution in [0.3, 0.4) is 0 Å². The summed E-state index contributed by atoms with van der Waals surface area (Å²) in [6.07, 6.45) is 2.93. The van der Waals surface area contributed by atoms with Crippen LogP contribution < -0.4 is 14.5 Å². The van der Waals surface area contributed by atoms with Crippen LogP contribution in [0.5, 0.6) is 6.01 Å². The summed E-state index contributed by atoms with van der Waals surface area (Å²) in [6, 6.07) is 14.3. The molecule has 1 atom stereocenters. The van der Waals surface area contributed by atoms with Crippen molar-refractivity contribution in [1.29, 1.82) is 5.26 Å². The molecular formula is C30H33N7O4. The lowest BCUT2D eigenvalue weighted by Crippen LogP contribution is -2.46. The number of hydrogen-bond acceptors (Lipinski definition) is 8. The SMILES string of the molecule is Cc1cccc2cccc(N3CCc4c(nc(OCCC(=O)N(C)C)nc4N4C=CN(C(=O)O)C(CC#N)C4)C3)c12. The fraction of sp³-hybridized carbons (Fsp3) is 0.367. The summed E-state index contributed by atoms with van der Waals surface area (Å²) in [5, 5.41) is 21.3. The predicted octanol–water partition coefficient (Wildman–Crippen LogP) is 3.91. The number of fused-ring (bicyclic) bond motifs is 2. The maximum absolute atomic E-state index is 12.1. The molecule has 2 amide bonds. The molecular weight excluding hydrogens is 522 g/mol. The minimum absolute atomic E-state index is 0.0463. The highest BCUT2D eigenvalue weighted by Crippen LogP contribution is 2.36. The van der Waals surface area contributed by atoms with Gasteiger partial charge in [-0.2, -0.15) is 15.2 Å². The lowest BCUT2D eigenvalue weighted by Gasteiger charge is -2.37. The second-order valence-electron chi connectivity index (χ2n) is 10.4. The molecule has 0 spiro atoms. The summed E-state index contributed by atoms with van der Waals surface area (Å²) in [7, 11) is 3.39. The second-order valence-corrected chi connectivity index (χ2v) is 10.4. The zero-order chi connectivity index (χ0) is 29.1. The molecule has 0 bridgehead atoms. The van der Waals surface area contributed by atoms with Crippen LogP contribution in [-0.2, 0) is 17.8 Å². The minimum atomic E-state index is -1.11. The van der Waals surface area contributed by atoms with Crippen LogP contribution >= 0.6 is 0 Å². The van der Waals surface area contributed by atoms with Crippen molar-refractivity contribution >= 4 is 34.3 Å². The standard InChI is InChI=1S/C30H33N7O4/c1-20-6-4-7-21-8-5-9-25(27(20)21)35-14-11-23-24(19-35)32-29(41-17-12-26(38)34(2)3)33-28(23)36-15-16-37(30(39)40)22(18-36)10-13-31/h4-9,15-16,22H,10-12,14,17-19H2,1-3H3,(H,39,40). The molecule has 1 aromatic heterocycles. The van der Waals surface area contributed by atoms with E-state index in [2.05, 4.69) is 54.3 Å². The van der Waals surface area contributed by atoms with Crippen molar-refractivity contribution in [3.05, 3.63) is 65.6 Å². The molecule has 2 aliphatic rings. The van der Waals surface area contributed by atoms with E-state index in [-0.39, 0.29) is 37.9 Å². The Morgan fingerprint density at radius 1 is 1.17 bits per heavy atom. The summed E-state index contributed by atoms with van der Waals surface area (Å²) < 4.78 is 5.89. The highest BCUT2D eigenvalue weighted by molar-refractivity contribution is 5.97. The molecule has 11 nitrogen and oxygen atoms in total. The van der Waals surface area contributed by atoms with Crippen LogP contribution in [0.25, 0.3) is 10.8 Å². The molecule has 2 aliphatic heterocycles. The Balaban J connectivity index is 1.51. The fourth-order valence-electron chi connectivity index (χ4n) is 5.41. The topological polar surface area (TPSA) is 126 Å². The third-order valence-corrected chi connectivity index (χ3v) is 7.53. The van der Waals surface area contributed by atoms with Crippen molar-refractivity contribution in [3.8, 4) is 12.1 Å². The van der Waals surface area contributed by atoms with Crippen LogP contribution in [0.15, 0.2) is 48.8 Å². The largest absolute Gasteiger partial charge is 0.465 e. The van der Waals surface area contributed by atoms with E-state index in [1.54, 1.807) is 20.3 Å². The number of nitrogens with zero attached hydrogens (tertiary/aromatic N) is 7. The summed E-state index contributed by atoms with van der Waals surface area (Å²) in [5.74, 6) is 0.565. The van der Waals surface area contributed by atoms with Gasteiger partial charge in [0.25, 0.3) is 0 Å². The van der Waals surface area contributed by atoms with E-state index >= 15 is 0 Å². The van der Waals surface area contributed by atoms with E-state index in [0.717, 1.165) is 28.4 Å². The maximum Gasteiger partial charge on any atom is 0.411 e. The van der Waals surface area contributed by atoms with Gasteiger partial charge in [-0.05, 0) is 30.4 Å². The van der Waals surface area contributed by atoms with Gasteiger partial charge in [-0.1, -0.05) is 30.3 Å². The maximum atomic E-state index is 12.1. The Morgan fingerprint density at radius 3 is 2.68 bits per heavy atom. The van der Waals surface area contributed by atoms with E-state index in [4.69, 9.17) is 14.7 Å². The third-order valence-electron chi connectivity index (χ3n) is 7.53. The van der Waals surface area contributed by atoms with E-state index in [1.165, 1.54) is 27.4 Å². The predicted molar refractivity (Wildman–Crippen MR) is 155 cm³/mol. The van der Waals surface area contributed by atoms with Crippen LogP contribution in [0.1, 0.15) is 29.7 Å². The van der Waals surface area contributed by atoms with E-state index < -0.39 is 12.1 Å². The molecule has 0 saturated heterocycles. The number of carbonyl (C=O) groups is 2. The number of aryl methyl sites for hydroxylation is 1. The minimum Gasteiger partial charge on any atom is -0.465 e. The van der Waals surface area contributed by atoms with Gasteiger partial charge in [0.05, 0.1) is 37.2 Å². The van der Waals surface area contributed by atoms with Crippen molar-refractivity contribution in [1.82, 2.24) is 19.8 Å². The monoisotopic (exact) mass is 555 g/mol.